The van der Waals surface area contributed by atoms with Crippen LogP contribution in [0.4, 0.5) is 5.69 Å². The van der Waals surface area contributed by atoms with Gasteiger partial charge in [-0.2, -0.15) is 0 Å². The quantitative estimate of drug-likeness (QED) is 0.829. The van der Waals surface area contributed by atoms with Crippen molar-refractivity contribution in [1.29, 1.82) is 0 Å². The molecule has 1 aromatic carbocycles. The minimum absolute atomic E-state index is 0.431. The van der Waals surface area contributed by atoms with Gasteiger partial charge in [0.2, 0.25) is 0 Å². The Bertz CT molecular complexity index is 463. The van der Waals surface area contributed by atoms with Crippen molar-refractivity contribution >= 4 is 23.1 Å². The van der Waals surface area contributed by atoms with Gasteiger partial charge in [-0.1, -0.05) is 6.07 Å². The van der Waals surface area contributed by atoms with Crippen LogP contribution < -0.4 is 4.90 Å². The van der Waals surface area contributed by atoms with Gasteiger partial charge in [0.15, 0.2) is 0 Å². The third kappa shape index (κ3) is 3.83. The van der Waals surface area contributed by atoms with Crippen molar-refractivity contribution in [2.75, 3.05) is 25.6 Å². The molecule has 0 fully saturated rings. The molecule has 0 radical (unpaired) electrons. The van der Waals surface area contributed by atoms with E-state index in [2.05, 4.69) is 38.9 Å². The first-order valence-electron chi connectivity index (χ1n) is 5.48. The molecule has 4 nitrogen and oxygen atoms in total. The zero-order valence-electron chi connectivity index (χ0n) is 10.4. The van der Waals surface area contributed by atoms with Crippen LogP contribution >= 0.6 is 0 Å². The summed E-state index contributed by atoms with van der Waals surface area (Å²) in [4.78, 5) is 14.5. The lowest BCUT2D eigenvalue weighted by Crippen LogP contribution is -2.07. The Morgan fingerprint density at radius 2 is 2.12 bits per heavy atom. The molecule has 1 aromatic heterocycles. The highest BCUT2D eigenvalue weighted by Gasteiger charge is 1.97. The van der Waals surface area contributed by atoms with E-state index in [0.717, 1.165) is 0 Å². The predicted molar refractivity (Wildman–Crippen MR) is 70.3 cm³/mol. The number of ether oxygens (including phenoxy) is 1. The number of nitrogens with one attached hydrogen (secondary N) is 1. The van der Waals surface area contributed by atoms with E-state index in [1.807, 2.05) is 20.3 Å². The molecule has 4 heteroatoms. The highest BCUT2D eigenvalue weighted by Crippen LogP contribution is 2.18. The zero-order valence-corrected chi connectivity index (χ0v) is 10.4. The molecule has 0 bridgehead atoms. The fourth-order valence-corrected chi connectivity index (χ4v) is 1.38. The first-order valence-corrected chi connectivity index (χ1v) is 5.48. The minimum Gasteiger partial charge on any atom is -0.468 e. The van der Waals surface area contributed by atoms with Crippen LogP contribution in [0.15, 0.2) is 30.5 Å². The van der Waals surface area contributed by atoms with Crippen LogP contribution in [0, 0.1) is 0 Å². The maximum absolute atomic E-state index is 9.18. The van der Waals surface area contributed by atoms with Gasteiger partial charge in [-0.15, -0.1) is 0 Å². The van der Waals surface area contributed by atoms with Crippen LogP contribution in [-0.4, -0.2) is 32.2 Å². The number of fused-ring (bicyclic) bond motifs is 1. The molecule has 0 saturated carbocycles. The lowest BCUT2D eigenvalue weighted by Gasteiger charge is -2.11. The molecule has 0 aliphatic carbocycles. The van der Waals surface area contributed by atoms with Crippen molar-refractivity contribution in [1.82, 2.24) is 4.98 Å². The van der Waals surface area contributed by atoms with Gasteiger partial charge in [-0.05, 0) is 30.5 Å². The number of aromatic amines is 1. The largest absolute Gasteiger partial charge is 0.468 e. The standard InChI is InChI=1S/C10H12N2.C3H6O2/c1-12(2)9-4-3-8-5-6-11-10(8)7-9;1-2-5-3-4/h3-7,11H,1-2H3;3H,2H2,1H3. The molecule has 0 atom stereocenters. The number of nitrogens with zero attached hydrogens (tertiary/aromatic N) is 1. The third-order valence-corrected chi connectivity index (χ3v) is 2.29. The summed E-state index contributed by atoms with van der Waals surface area (Å²) in [5.74, 6) is 0. The van der Waals surface area contributed by atoms with Gasteiger partial charge < -0.3 is 14.6 Å². The summed E-state index contributed by atoms with van der Waals surface area (Å²) in [6.07, 6.45) is 1.96. The number of carbonyl (C=O) groups is 1. The van der Waals surface area contributed by atoms with Crippen molar-refractivity contribution in [3.8, 4) is 0 Å². The van der Waals surface area contributed by atoms with Crippen molar-refractivity contribution in [2.24, 2.45) is 0 Å². The minimum atomic E-state index is 0.431. The van der Waals surface area contributed by atoms with Gasteiger partial charge in [0.1, 0.15) is 0 Å². The van der Waals surface area contributed by atoms with E-state index in [-0.39, 0.29) is 0 Å². The SMILES string of the molecule is CCOC=O.CN(C)c1ccc2cc[nH]c2c1. The molecule has 0 aliphatic rings. The number of hydrogen-bond acceptors (Lipinski definition) is 3. The van der Waals surface area contributed by atoms with Crippen LogP contribution in [0.1, 0.15) is 6.92 Å². The second-order valence-corrected chi connectivity index (χ2v) is 3.70. The van der Waals surface area contributed by atoms with Crippen molar-refractivity contribution in [3.05, 3.63) is 30.5 Å². The van der Waals surface area contributed by atoms with Crippen molar-refractivity contribution in [3.63, 3.8) is 0 Å². The van der Waals surface area contributed by atoms with Crippen LogP contribution in [0.5, 0.6) is 0 Å². The number of H-pyrrole nitrogens is 1. The molecule has 0 aliphatic heterocycles. The summed E-state index contributed by atoms with van der Waals surface area (Å²) in [5, 5.41) is 1.26. The number of benzene rings is 1. The molecule has 1 heterocycles. The monoisotopic (exact) mass is 234 g/mol. The summed E-state index contributed by atoms with van der Waals surface area (Å²) in [6.45, 7) is 2.66. The first kappa shape index (κ1) is 13.1. The summed E-state index contributed by atoms with van der Waals surface area (Å²) in [7, 11) is 4.09. The maximum Gasteiger partial charge on any atom is 0.293 e. The zero-order chi connectivity index (χ0) is 12.7. The summed E-state index contributed by atoms with van der Waals surface area (Å²) in [6, 6.07) is 8.47. The Labute approximate surface area is 101 Å². The molecular weight excluding hydrogens is 216 g/mol. The number of carbonyl (C=O) groups excluding carboxylic acids is 1. The van der Waals surface area contributed by atoms with Gasteiger partial charge in [0.05, 0.1) is 6.61 Å². The molecule has 2 rings (SSSR count). The van der Waals surface area contributed by atoms with E-state index in [1.165, 1.54) is 16.6 Å². The summed E-state index contributed by atoms with van der Waals surface area (Å²) in [5.41, 5.74) is 2.42. The van der Waals surface area contributed by atoms with Gasteiger partial charge >= 0.3 is 0 Å². The molecule has 0 saturated heterocycles. The predicted octanol–water partition coefficient (Wildman–Crippen LogP) is 2.41. The fourth-order valence-electron chi connectivity index (χ4n) is 1.38. The van der Waals surface area contributed by atoms with Gasteiger partial charge in [0.25, 0.3) is 6.47 Å². The van der Waals surface area contributed by atoms with Gasteiger partial charge in [-0.3, -0.25) is 4.79 Å². The van der Waals surface area contributed by atoms with E-state index in [0.29, 0.717) is 13.1 Å². The number of rotatable bonds is 3. The number of aromatic nitrogens is 1. The van der Waals surface area contributed by atoms with E-state index >= 15 is 0 Å². The van der Waals surface area contributed by atoms with Crippen LogP contribution in [0.2, 0.25) is 0 Å². The Hall–Kier alpha value is -1.97. The molecule has 2 aromatic rings. The summed E-state index contributed by atoms with van der Waals surface area (Å²) < 4.78 is 4.15. The van der Waals surface area contributed by atoms with E-state index in [9.17, 15) is 4.79 Å². The molecular formula is C13H18N2O2. The fraction of sp³-hybridized carbons (Fsp3) is 0.308. The number of anilines is 1. The summed E-state index contributed by atoms with van der Waals surface area (Å²) >= 11 is 0. The van der Waals surface area contributed by atoms with Crippen LogP contribution in [0.3, 0.4) is 0 Å². The van der Waals surface area contributed by atoms with Crippen molar-refractivity contribution in [2.45, 2.75) is 6.92 Å². The van der Waals surface area contributed by atoms with Gasteiger partial charge in [-0.25, -0.2) is 0 Å². The molecule has 1 N–H and O–H groups in total. The normalized spacial score (nSPS) is 9.35. The molecule has 0 unspecified atom stereocenters. The van der Waals surface area contributed by atoms with Crippen molar-refractivity contribution < 1.29 is 9.53 Å². The molecule has 92 valence electrons. The first-order chi connectivity index (χ1) is 8.19. The lowest BCUT2D eigenvalue weighted by molar-refractivity contribution is -0.128. The maximum atomic E-state index is 9.18. The number of hydrogen-bond donors (Lipinski definition) is 1. The molecule has 0 amide bonds. The average Bonchev–Trinajstić information content (AvgIpc) is 2.77. The smallest absolute Gasteiger partial charge is 0.293 e. The Kier molecular flexibility index (Phi) is 5.07. The highest BCUT2D eigenvalue weighted by molar-refractivity contribution is 5.82. The molecule has 17 heavy (non-hydrogen) atoms. The van der Waals surface area contributed by atoms with E-state index < -0.39 is 0 Å². The van der Waals surface area contributed by atoms with E-state index in [1.54, 1.807) is 6.92 Å². The highest BCUT2D eigenvalue weighted by atomic mass is 16.5. The molecule has 0 spiro atoms. The third-order valence-electron chi connectivity index (χ3n) is 2.29. The van der Waals surface area contributed by atoms with Crippen LogP contribution in [-0.2, 0) is 9.53 Å². The second kappa shape index (κ2) is 6.58. The topological polar surface area (TPSA) is 45.3 Å². The second-order valence-electron chi connectivity index (χ2n) is 3.70. The Balaban J connectivity index is 0.000000249. The lowest BCUT2D eigenvalue weighted by atomic mass is 10.2. The van der Waals surface area contributed by atoms with Gasteiger partial charge in [0, 0.05) is 31.5 Å². The van der Waals surface area contributed by atoms with Crippen LogP contribution in [0.25, 0.3) is 10.9 Å². The van der Waals surface area contributed by atoms with E-state index in [4.69, 9.17) is 0 Å². The Morgan fingerprint density at radius 1 is 1.35 bits per heavy atom. The Morgan fingerprint density at radius 3 is 2.65 bits per heavy atom. The average molecular weight is 234 g/mol.